The lowest BCUT2D eigenvalue weighted by Crippen LogP contribution is -2.42. The van der Waals surface area contributed by atoms with Gasteiger partial charge >= 0.3 is 5.97 Å². The fraction of sp³-hybridized carbons (Fsp3) is 0.625. The number of carbonyl (C=O) groups excluding carboxylic acids is 2. The lowest BCUT2D eigenvalue weighted by Gasteiger charge is -2.07. The largest absolute Gasteiger partial charge is 0.481 e. The van der Waals surface area contributed by atoms with Crippen LogP contribution in [0, 0.1) is 11.8 Å². The first-order valence-electron chi connectivity index (χ1n) is 4.54. The molecule has 2 amide bonds. The Morgan fingerprint density at radius 1 is 1.47 bits per heavy atom. The van der Waals surface area contributed by atoms with Crippen LogP contribution in [0.4, 0.5) is 0 Å². The Kier molecular flexibility index (Phi) is 2.31. The summed E-state index contributed by atoms with van der Waals surface area (Å²) >= 11 is 0. The highest BCUT2D eigenvalue weighted by atomic mass is 16.7. The molecule has 82 valence electrons. The van der Waals surface area contributed by atoms with Gasteiger partial charge in [-0.05, 0) is 6.42 Å². The van der Waals surface area contributed by atoms with Gasteiger partial charge in [0.1, 0.15) is 12.6 Å². The molecule has 0 spiro atoms. The van der Waals surface area contributed by atoms with Crippen molar-refractivity contribution < 1.29 is 24.3 Å². The molecular weight excluding hydrogens is 204 g/mol. The van der Waals surface area contributed by atoms with Crippen LogP contribution >= 0.6 is 0 Å². The van der Waals surface area contributed by atoms with Crippen LogP contribution in [0.25, 0.3) is 0 Å². The maximum atomic E-state index is 11.4. The minimum Gasteiger partial charge on any atom is -0.481 e. The Morgan fingerprint density at radius 3 is 2.67 bits per heavy atom. The van der Waals surface area contributed by atoms with Gasteiger partial charge in [0, 0.05) is 0 Å². The molecule has 2 rings (SSSR count). The molecule has 0 aromatic rings. The van der Waals surface area contributed by atoms with Crippen molar-refractivity contribution in [2.24, 2.45) is 11.8 Å². The number of carboxylic acids is 1. The van der Waals surface area contributed by atoms with Crippen LogP contribution in [0.3, 0.4) is 0 Å². The van der Waals surface area contributed by atoms with Gasteiger partial charge in [-0.25, -0.2) is 5.48 Å². The number of nitrogens with one attached hydrogen (secondary N) is 2. The van der Waals surface area contributed by atoms with E-state index in [9.17, 15) is 14.4 Å². The summed E-state index contributed by atoms with van der Waals surface area (Å²) in [6.07, 6.45) is 0.344. The third kappa shape index (κ3) is 1.91. The Labute approximate surface area is 84.7 Å². The van der Waals surface area contributed by atoms with Gasteiger partial charge in [0.15, 0.2) is 0 Å². The second kappa shape index (κ2) is 3.50. The summed E-state index contributed by atoms with van der Waals surface area (Å²) in [5.41, 5.74) is 2.10. The maximum absolute atomic E-state index is 11.4. The molecule has 1 aliphatic heterocycles. The molecule has 7 heteroatoms. The predicted molar refractivity (Wildman–Crippen MR) is 45.3 cm³/mol. The van der Waals surface area contributed by atoms with Crippen molar-refractivity contribution in [2.45, 2.75) is 12.5 Å². The van der Waals surface area contributed by atoms with Crippen LogP contribution in [-0.2, 0) is 19.2 Å². The highest BCUT2D eigenvalue weighted by Crippen LogP contribution is 2.38. The van der Waals surface area contributed by atoms with E-state index in [0.29, 0.717) is 6.42 Å². The van der Waals surface area contributed by atoms with Crippen molar-refractivity contribution in [3.63, 3.8) is 0 Å². The lowest BCUT2D eigenvalue weighted by atomic mass is 10.2. The van der Waals surface area contributed by atoms with Gasteiger partial charge in [-0.3, -0.25) is 19.2 Å². The van der Waals surface area contributed by atoms with E-state index < -0.39 is 35.7 Å². The predicted octanol–water partition coefficient (Wildman–Crippen LogP) is -1.75. The van der Waals surface area contributed by atoms with Gasteiger partial charge in [0.2, 0.25) is 5.91 Å². The van der Waals surface area contributed by atoms with Gasteiger partial charge in [-0.15, -0.1) is 0 Å². The summed E-state index contributed by atoms with van der Waals surface area (Å²) in [4.78, 5) is 37.5. The van der Waals surface area contributed by atoms with Crippen LogP contribution in [0.2, 0.25) is 0 Å². The number of hydrogen-bond donors (Lipinski definition) is 3. The van der Waals surface area contributed by atoms with E-state index in [1.807, 2.05) is 0 Å². The Balaban J connectivity index is 1.83. The molecule has 2 aliphatic rings. The summed E-state index contributed by atoms with van der Waals surface area (Å²) < 4.78 is 0. The van der Waals surface area contributed by atoms with Crippen molar-refractivity contribution in [3.05, 3.63) is 0 Å². The zero-order valence-corrected chi connectivity index (χ0v) is 7.73. The van der Waals surface area contributed by atoms with E-state index in [2.05, 4.69) is 15.6 Å². The smallest absolute Gasteiger partial charge is 0.307 e. The van der Waals surface area contributed by atoms with Gasteiger partial charge < -0.3 is 10.4 Å². The molecule has 0 aromatic heterocycles. The van der Waals surface area contributed by atoms with Crippen LogP contribution < -0.4 is 10.8 Å². The Morgan fingerprint density at radius 2 is 2.20 bits per heavy atom. The molecule has 1 saturated heterocycles. The van der Waals surface area contributed by atoms with E-state index in [1.165, 1.54) is 0 Å². The van der Waals surface area contributed by atoms with Crippen LogP contribution in [0.5, 0.6) is 0 Å². The third-order valence-corrected chi connectivity index (χ3v) is 2.50. The molecule has 1 heterocycles. The van der Waals surface area contributed by atoms with Crippen molar-refractivity contribution in [2.75, 3.05) is 6.61 Å². The van der Waals surface area contributed by atoms with Gasteiger partial charge in [0.05, 0.1) is 11.8 Å². The quantitative estimate of drug-likeness (QED) is 0.517. The SMILES string of the molecule is O=C(O)C1CC1C(=O)N[C@@H]1CONC1=O. The highest BCUT2D eigenvalue weighted by Gasteiger charge is 2.49. The van der Waals surface area contributed by atoms with E-state index >= 15 is 0 Å². The van der Waals surface area contributed by atoms with E-state index in [-0.39, 0.29) is 6.61 Å². The Bertz CT molecular complexity index is 329. The monoisotopic (exact) mass is 214 g/mol. The molecule has 2 unspecified atom stereocenters. The molecule has 15 heavy (non-hydrogen) atoms. The van der Waals surface area contributed by atoms with Crippen LogP contribution in [0.15, 0.2) is 0 Å². The summed E-state index contributed by atoms with van der Waals surface area (Å²) in [6, 6.07) is -0.701. The topological polar surface area (TPSA) is 105 Å². The average molecular weight is 214 g/mol. The molecular formula is C8H10N2O5. The lowest BCUT2D eigenvalue weighted by molar-refractivity contribution is -0.140. The molecule has 7 nitrogen and oxygen atoms in total. The van der Waals surface area contributed by atoms with Gasteiger partial charge in [-0.2, -0.15) is 0 Å². The molecule has 3 N–H and O–H groups in total. The van der Waals surface area contributed by atoms with Crippen molar-refractivity contribution >= 4 is 17.8 Å². The third-order valence-electron chi connectivity index (χ3n) is 2.50. The van der Waals surface area contributed by atoms with Crippen molar-refractivity contribution in [1.82, 2.24) is 10.8 Å². The Hall–Kier alpha value is -1.63. The highest BCUT2D eigenvalue weighted by molar-refractivity contribution is 5.93. The molecule has 1 aliphatic carbocycles. The van der Waals surface area contributed by atoms with Gasteiger partial charge in [-0.1, -0.05) is 0 Å². The second-order valence-electron chi connectivity index (χ2n) is 3.63. The molecule has 0 bridgehead atoms. The molecule has 0 radical (unpaired) electrons. The first kappa shape index (κ1) is 9.91. The van der Waals surface area contributed by atoms with Gasteiger partial charge in [0.25, 0.3) is 5.91 Å². The number of carbonyl (C=O) groups is 3. The fourth-order valence-corrected chi connectivity index (χ4v) is 1.49. The molecule has 3 atom stereocenters. The second-order valence-corrected chi connectivity index (χ2v) is 3.63. The van der Waals surface area contributed by atoms with Crippen molar-refractivity contribution in [3.8, 4) is 0 Å². The first-order chi connectivity index (χ1) is 7.09. The van der Waals surface area contributed by atoms with Crippen LogP contribution in [0.1, 0.15) is 6.42 Å². The van der Waals surface area contributed by atoms with E-state index in [1.54, 1.807) is 0 Å². The zero-order chi connectivity index (χ0) is 11.0. The number of hydrogen-bond acceptors (Lipinski definition) is 4. The van der Waals surface area contributed by atoms with E-state index in [4.69, 9.17) is 5.11 Å². The zero-order valence-electron chi connectivity index (χ0n) is 7.73. The van der Waals surface area contributed by atoms with Crippen LogP contribution in [-0.4, -0.2) is 35.5 Å². The van der Waals surface area contributed by atoms with Crippen molar-refractivity contribution in [1.29, 1.82) is 0 Å². The minimum absolute atomic E-state index is 0.0784. The average Bonchev–Trinajstić information content (AvgIpc) is 2.88. The number of rotatable bonds is 3. The maximum Gasteiger partial charge on any atom is 0.307 e. The normalized spacial score (nSPS) is 33.3. The summed E-state index contributed by atoms with van der Waals surface area (Å²) in [7, 11) is 0. The number of carboxylic acid groups (broad SMARTS) is 1. The fourth-order valence-electron chi connectivity index (χ4n) is 1.49. The molecule has 2 fully saturated rings. The molecule has 1 saturated carbocycles. The molecule has 0 aromatic carbocycles. The van der Waals surface area contributed by atoms with E-state index in [0.717, 1.165) is 0 Å². The summed E-state index contributed by atoms with van der Waals surface area (Å²) in [5.74, 6) is -2.88. The first-order valence-corrected chi connectivity index (χ1v) is 4.54. The number of hydroxylamine groups is 1. The standard InChI is InChI=1S/C8H10N2O5/c11-6(3-1-4(3)8(13)14)9-5-2-15-10-7(5)12/h3-5H,1-2H2,(H,9,11)(H,10,12)(H,13,14)/t3?,4?,5-/m1/s1. The number of amides is 2. The minimum atomic E-state index is -0.970. The number of aliphatic carboxylic acids is 1. The summed E-state index contributed by atoms with van der Waals surface area (Å²) in [5, 5.41) is 11.0. The summed E-state index contributed by atoms with van der Waals surface area (Å²) in [6.45, 7) is 0.0784.